The molecule has 0 saturated heterocycles. The van der Waals surface area contributed by atoms with Gasteiger partial charge in [0.05, 0.1) is 5.69 Å². The number of primary amides is 1. The van der Waals surface area contributed by atoms with Crippen molar-refractivity contribution in [1.29, 1.82) is 0 Å². The van der Waals surface area contributed by atoms with Crippen molar-refractivity contribution in [3.05, 3.63) is 23.0 Å². The number of fused-ring (bicyclic) bond motifs is 3. The first-order chi connectivity index (χ1) is 8.70. The second kappa shape index (κ2) is 4.09. The first-order valence-electron chi connectivity index (χ1n) is 5.48. The van der Waals surface area contributed by atoms with E-state index < -0.39 is 5.91 Å². The second-order valence-electron chi connectivity index (χ2n) is 4.02. The molecule has 0 unspecified atom stereocenters. The van der Waals surface area contributed by atoms with Crippen LogP contribution in [0.2, 0.25) is 0 Å². The van der Waals surface area contributed by atoms with Gasteiger partial charge in [0.15, 0.2) is 5.16 Å². The van der Waals surface area contributed by atoms with Crippen LogP contribution in [-0.2, 0) is 12.8 Å². The van der Waals surface area contributed by atoms with Gasteiger partial charge in [0.2, 0.25) is 0 Å². The minimum atomic E-state index is -0.480. The van der Waals surface area contributed by atoms with Crippen molar-refractivity contribution in [3.8, 4) is 11.4 Å². The molecule has 1 amide bonds. The van der Waals surface area contributed by atoms with E-state index in [1.165, 1.54) is 11.8 Å². The lowest BCUT2D eigenvalue weighted by Crippen LogP contribution is -2.15. The van der Waals surface area contributed by atoms with Crippen molar-refractivity contribution in [2.24, 2.45) is 5.73 Å². The van der Waals surface area contributed by atoms with Crippen molar-refractivity contribution >= 4 is 17.7 Å². The SMILES string of the molecule is CSc1ncc2c(n1)-c1n[nH]c(C(N)=O)c1CC2. The molecule has 1 aliphatic rings. The van der Waals surface area contributed by atoms with E-state index in [9.17, 15) is 4.79 Å². The Morgan fingerprint density at radius 2 is 2.28 bits per heavy atom. The molecule has 92 valence electrons. The lowest BCUT2D eigenvalue weighted by molar-refractivity contribution is 0.0994. The fourth-order valence-corrected chi connectivity index (χ4v) is 2.49. The van der Waals surface area contributed by atoms with E-state index in [0.717, 1.165) is 35.4 Å². The Morgan fingerprint density at radius 1 is 1.44 bits per heavy atom. The van der Waals surface area contributed by atoms with Crippen LogP contribution < -0.4 is 5.73 Å². The lowest BCUT2D eigenvalue weighted by atomic mass is 9.93. The highest BCUT2D eigenvalue weighted by Gasteiger charge is 2.25. The molecule has 7 heteroatoms. The Bertz CT molecular complexity index is 636. The minimum Gasteiger partial charge on any atom is -0.364 e. The van der Waals surface area contributed by atoms with Gasteiger partial charge in [-0.15, -0.1) is 0 Å². The zero-order chi connectivity index (χ0) is 12.7. The van der Waals surface area contributed by atoms with Gasteiger partial charge in [-0.1, -0.05) is 11.8 Å². The molecule has 3 N–H and O–H groups in total. The summed E-state index contributed by atoms with van der Waals surface area (Å²) in [7, 11) is 0. The maximum atomic E-state index is 11.3. The molecule has 2 heterocycles. The Hall–Kier alpha value is -1.89. The lowest BCUT2D eigenvalue weighted by Gasteiger charge is -2.14. The smallest absolute Gasteiger partial charge is 0.267 e. The second-order valence-corrected chi connectivity index (χ2v) is 4.79. The Kier molecular flexibility index (Phi) is 2.55. The van der Waals surface area contributed by atoms with E-state index in [4.69, 9.17) is 5.73 Å². The van der Waals surface area contributed by atoms with E-state index in [1.807, 2.05) is 12.5 Å². The first kappa shape index (κ1) is 11.2. The summed E-state index contributed by atoms with van der Waals surface area (Å²) in [5.41, 5.74) is 9.15. The third-order valence-corrected chi connectivity index (χ3v) is 3.57. The number of carbonyl (C=O) groups excluding carboxylic acids is 1. The number of aromatic nitrogens is 4. The average molecular weight is 261 g/mol. The minimum absolute atomic E-state index is 0.389. The Morgan fingerprint density at radius 3 is 3.00 bits per heavy atom. The number of carbonyl (C=O) groups is 1. The highest BCUT2D eigenvalue weighted by atomic mass is 32.2. The maximum Gasteiger partial charge on any atom is 0.267 e. The summed E-state index contributed by atoms with van der Waals surface area (Å²) in [5.74, 6) is -0.480. The topological polar surface area (TPSA) is 97.6 Å². The molecule has 0 aliphatic heterocycles. The summed E-state index contributed by atoms with van der Waals surface area (Å²) in [6.07, 6.45) is 5.29. The van der Waals surface area contributed by atoms with E-state index in [0.29, 0.717) is 10.9 Å². The van der Waals surface area contributed by atoms with Crippen molar-refractivity contribution in [1.82, 2.24) is 20.2 Å². The predicted molar refractivity (Wildman–Crippen MR) is 67.3 cm³/mol. The van der Waals surface area contributed by atoms with Gasteiger partial charge >= 0.3 is 0 Å². The fourth-order valence-electron chi connectivity index (χ4n) is 2.14. The predicted octanol–water partition coefficient (Wildman–Crippen LogP) is 0.786. The summed E-state index contributed by atoms with van der Waals surface area (Å²) >= 11 is 1.48. The number of aryl methyl sites for hydroxylation is 1. The van der Waals surface area contributed by atoms with Gasteiger partial charge in [-0.3, -0.25) is 9.89 Å². The molecule has 6 nitrogen and oxygen atoms in total. The van der Waals surface area contributed by atoms with Gasteiger partial charge in [0, 0.05) is 11.8 Å². The molecule has 0 saturated carbocycles. The molecule has 1 aliphatic carbocycles. The van der Waals surface area contributed by atoms with E-state index >= 15 is 0 Å². The van der Waals surface area contributed by atoms with Gasteiger partial charge in [0.1, 0.15) is 11.4 Å². The number of nitrogens with two attached hydrogens (primary N) is 1. The summed E-state index contributed by atoms with van der Waals surface area (Å²) in [5, 5.41) is 7.57. The molecule has 0 radical (unpaired) electrons. The van der Waals surface area contributed by atoms with Crippen LogP contribution in [0, 0.1) is 0 Å². The third kappa shape index (κ3) is 1.59. The molecule has 0 atom stereocenters. The highest BCUT2D eigenvalue weighted by Crippen LogP contribution is 2.32. The monoisotopic (exact) mass is 261 g/mol. The van der Waals surface area contributed by atoms with Gasteiger partial charge in [0.25, 0.3) is 5.91 Å². The largest absolute Gasteiger partial charge is 0.364 e. The van der Waals surface area contributed by atoms with Crippen LogP contribution in [0.15, 0.2) is 11.4 Å². The zero-order valence-electron chi connectivity index (χ0n) is 9.73. The van der Waals surface area contributed by atoms with Gasteiger partial charge in [-0.25, -0.2) is 9.97 Å². The molecule has 2 aromatic rings. The number of hydrogen-bond donors (Lipinski definition) is 2. The molecule has 3 rings (SSSR count). The van der Waals surface area contributed by atoms with Crippen LogP contribution in [0.5, 0.6) is 0 Å². The zero-order valence-corrected chi connectivity index (χ0v) is 10.5. The number of hydrogen-bond acceptors (Lipinski definition) is 5. The van der Waals surface area contributed by atoms with Crippen molar-refractivity contribution in [2.45, 2.75) is 18.0 Å². The number of amides is 1. The van der Waals surface area contributed by atoms with Crippen LogP contribution in [-0.4, -0.2) is 32.3 Å². The van der Waals surface area contributed by atoms with Gasteiger partial charge in [-0.2, -0.15) is 5.10 Å². The number of nitrogens with zero attached hydrogens (tertiary/aromatic N) is 3. The molecule has 0 bridgehead atoms. The molecule has 0 spiro atoms. The first-order valence-corrected chi connectivity index (χ1v) is 6.70. The molecule has 18 heavy (non-hydrogen) atoms. The molecular weight excluding hydrogens is 250 g/mol. The van der Waals surface area contributed by atoms with Crippen molar-refractivity contribution in [3.63, 3.8) is 0 Å². The van der Waals surface area contributed by atoms with Gasteiger partial charge in [-0.05, 0) is 24.7 Å². The third-order valence-electron chi connectivity index (χ3n) is 3.01. The maximum absolute atomic E-state index is 11.3. The number of H-pyrrole nitrogens is 1. The standard InChI is InChI=1S/C11H11N5OS/c1-18-11-13-4-5-2-3-6-8(7(5)14-11)15-16-9(6)10(12)17/h4H,2-3H2,1H3,(H2,12,17)(H,15,16). The van der Waals surface area contributed by atoms with Crippen LogP contribution in [0.25, 0.3) is 11.4 Å². The number of rotatable bonds is 2. The normalized spacial score (nSPS) is 12.9. The Balaban J connectivity index is 2.19. The summed E-state index contributed by atoms with van der Waals surface area (Å²) < 4.78 is 0. The Labute approximate surface area is 107 Å². The summed E-state index contributed by atoms with van der Waals surface area (Å²) in [6.45, 7) is 0. The summed E-state index contributed by atoms with van der Waals surface area (Å²) in [4.78, 5) is 20.0. The molecule has 0 fully saturated rings. The van der Waals surface area contributed by atoms with Crippen molar-refractivity contribution < 1.29 is 4.79 Å². The van der Waals surface area contributed by atoms with Crippen LogP contribution >= 0.6 is 11.8 Å². The van der Waals surface area contributed by atoms with E-state index in [-0.39, 0.29) is 0 Å². The molecule has 2 aromatic heterocycles. The number of thioether (sulfide) groups is 1. The van der Waals surface area contributed by atoms with Crippen LogP contribution in [0.3, 0.4) is 0 Å². The summed E-state index contributed by atoms with van der Waals surface area (Å²) in [6, 6.07) is 0. The highest BCUT2D eigenvalue weighted by molar-refractivity contribution is 7.98. The van der Waals surface area contributed by atoms with E-state index in [1.54, 1.807) is 0 Å². The fraction of sp³-hybridized carbons (Fsp3) is 0.273. The van der Waals surface area contributed by atoms with E-state index in [2.05, 4.69) is 20.2 Å². The average Bonchev–Trinajstić information content (AvgIpc) is 2.82. The van der Waals surface area contributed by atoms with Gasteiger partial charge < -0.3 is 5.73 Å². The quantitative estimate of drug-likeness (QED) is 0.615. The van der Waals surface area contributed by atoms with Crippen LogP contribution in [0.4, 0.5) is 0 Å². The van der Waals surface area contributed by atoms with Crippen molar-refractivity contribution in [2.75, 3.05) is 6.26 Å². The number of nitrogens with one attached hydrogen (secondary N) is 1. The molecular formula is C11H11N5OS. The molecule has 0 aromatic carbocycles. The number of aromatic amines is 1. The van der Waals surface area contributed by atoms with Crippen LogP contribution in [0.1, 0.15) is 21.6 Å².